The van der Waals surface area contributed by atoms with Gasteiger partial charge in [-0.05, 0) is 96.9 Å². The van der Waals surface area contributed by atoms with Gasteiger partial charge in [-0.1, -0.05) is 55.5 Å². The highest BCUT2D eigenvalue weighted by molar-refractivity contribution is 5.94. The Kier molecular flexibility index (Phi) is 10.9. The summed E-state index contributed by atoms with van der Waals surface area (Å²) >= 11 is 0. The first kappa shape index (κ1) is 34.6. The van der Waals surface area contributed by atoms with E-state index in [1.807, 2.05) is 69.3 Å². The lowest BCUT2D eigenvalue weighted by atomic mass is 9.93. The zero-order valence-corrected chi connectivity index (χ0v) is 27.8. The van der Waals surface area contributed by atoms with Crippen molar-refractivity contribution < 1.29 is 28.7 Å². The quantitative estimate of drug-likeness (QED) is 0.342. The van der Waals surface area contributed by atoms with E-state index in [9.17, 15) is 19.2 Å². The molecule has 2 N–H and O–H groups in total. The van der Waals surface area contributed by atoms with Crippen LogP contribution < -0.4 is 10.6 Å². The summed E-state index contributed by atoms with van der Waals surface area (Å²) < 4.78 is 11.1. The van der Waals surface area contributed by atoms with E-state index in [1.54, 1.807) is 53.4 Å². The van der Waals surface area contributed by atoms with Crippen molar-refractivity contribution in [2.24, 2.45) is 5.92 Å². The maximum absolute atomic E-state index is 14.5. The third-order valence-electron chi connectivity index (χ3n) is 7.41. The third kappa shape index (κ3) is 9.56. The van der Waals surface area contributed by atoms with Crippen LogP contribution in [0.5, 0.6) is 0 Å². The summed E-state index contributed by atoms with van der Waals surface area (Å²) in [6, 6.07) is 11.9. The smallest absolute Gasteiger partial charge is 0.408 e. The highest BCUT2D eigenvalue weighted by Crippen LogP contribution is 2.42. The zero-order chi connectivity index (χ0) is 33.0. The van der Waals surface area contributed by atoms with Gasteiger partial charge in [-0.2, -0.15) is 0 Å². The minimum atomic E-state index is -1.05. The van der Waals surface area contributed by atoms with Crippen molar-refractivity contribution in [3.05, 3.63) is 70.8 Å². The predicted molar refractivity (Wildman–Crippen MR) is 170 cm³/mol. The molecule has 1 saturated carbocycles. The molecule has 0 heterocycles. The number of benzene rings is 2. The lowest BCUT2D eigenvalue weighted by Gasteiger charge is -2.36. The minimum Gasteiger partial charge on any atom is -0.458 e. The van der Waals surface area contributed by atoms with Crippen molar-refractivity contribution in [2.75, 3.05) is 0 Å². The van der Waals surface area contributed by atoms with Gasteiger partial charge >= 0.3 is 12.1 Å². The molecule has 9 heteroatoms. The average Bonchev–Trinajstić information content (AvgIpc) is 3.61. The first-order valence-electron chi connectivity index (χ1n) is 15.3. The van der Waals surface area contributed by atoms with Crippen LogP contribution in [-0.2, 0) is 30.3 Å². The molecule has 0 spiro atoms. The molecule has 3 rings (SSSR count). The Balaban J connectivity index is 2.05. The van der Waals surface area contributed by atoms with Crippen molar-refractivity contribution in [3.8, 4) is 0 Å². The monoisotopic (exact) mass is 607 g/mol. The molecule has 0 bridgehead atoms. The number of nitrogens with one attached hydrogen (secondary N) is 2. The topological polar surface area (TPSA) is 114 Å². The van der Waals surface area contributed by atoms with E-state index in [1.165, 1.54) is 0 Å². The van der Waals surface area contributed by atoms with Crippen molar-refractivity contribution >= 4 is 23.9 Å². The molecule has 0 aromatic heterocycles. The first-order valence-corrected chi connectivity index (χ1v) is 15.3. The van der Waals surface area contributed by atoms with E-state index in [-0.39, 0.29) is 18.4 Å². The van der Waals surface area contributed by atoms with E-state index >= 15 is 0 Å². The highest BCUT2D eigenvalue weighted by atomic mass is 16.6. The Labute approximate surface area is 262 Å². The number of hydrogen-bond donors (Lipinski definition) is 2. The highest BCUT2D eigenvalue weighted by Gasteiger charge is 2.48. The summed E-state index contributed by atoms with van der Waals surface area (Å²) in [4.78, 5) is 56.4. The molecular weight excluding hydrogens is 558 g/mol. The number of carbonyl (C=O) groups is 4. The Bertz CT molecular complexity index is 1320. The Morgan fingerprint density at radius 1 is 0.864 bits per heavy atom. The molecule has 9 nitrogen and oxygen atoms in total. The van der Waals surface area contributed by atoms with Gasteiger partial charge in [0, 0.05) is 12.5 Å². The van der Waals surface area contributed by atoms with Crippen molar-refractivity contribution in [3.63, 3.8) is 0 Å². The molecule has 1 aliphatic carbocycles. The van der Waals surface area contributed by atoms with Crippen LogP contribution in [0.15, 0.2) is 48.5 Å². The second kappa shape index (κ2) is 13.8. The van der Waals surface area contributed by atoms with E-state index in [2.05, 4.69) is 10.6 Å². The predicted octanol–water partition coefficient (Wildman–Crippen LogP) is 5.56. The van der Waals surface area contributed by atoms with Gasteiger partial charge < -0.3 is 25.0 Å². The Hall–Kier alpha value is -3.88. The summed E-state index contributed by atoms with van der Waals surface area (Å²) in [6.07, 6.45) is 0.202. The number of ether oxygens (including phenoxy) is 2. The maximum Gasteiger partial charge on any atom is 0.408 e. The summed E-state index contributed by atoms with van der Waals surface area (Å²) in [7, 11) is 0. The Morgan fingerprint density at radius 2 is 1.41 bits per heavy atom. The molecule has 5 atom stereocenters. The van der Waals surface area contributed by atoms with E-state index in [0.29, 0.717) is 12.0 Å². The molecule has 0 radical (unpaired) electrons. The number of hydrogen-bond acceptors (Lipinski definition) is 6. The number of alkyl carbamates (subject to hydrolysis) is 1. The first-order chi connectivity index (χ1) is 20.4. The lowest BCUT2D eigenvalue weighted by Crippen LogP contribution is -2.55. The van der Waals surface area contributed by atoms with Gasteiger partial charge in [-0.15, -0.1) is 0 Å². The van der Waals surface area contributed by atoms with Gasteiger partial charge in [0.15, 0.2) is 0 Å². The molecule has 1 aliphatic rings. The molecule has 240 valence electrons. The third-order valence-corrected chi connectivity index (χ3v) is 7.41. The summed E-state index contributed by atoms with van der Waals surface area (Å²) in [5.74, 6) is -1.32. The van der Waals surface area contributed by atoms with Crippen molar-refractivity contribution in [1.29, 1.82) is 0 Å². The van der Waals surface area contributed by atoms with Gasteiger partial charge in [0.2, 0.25) is 11.8 Å². The van der Waals surface area contributed by atoms with Crippen LogP contribution in [0.25, 0.3) is 0 Å². The molecule has 5 unspecified atom stereocenters. The summed E-state index contributed by atoms with van der Waals surface area (Å²) in [6.45, 7) is 18.0. The van der Waals surface area contributed by atoms with Crippen LogP contribution in [-0.4, -0.2) is 58.1 Å². The second-order valence-corrected chi connectivity index (χ2v) is 13.9. The molecule has 44 heavy (non-hydrogen) atoms. The van der Waals surface area contributed by atoms with Crippen LogP contribution in [0, 0.1) is 19.8 Å². The van der Waals surface area contributed by atoms with Gasteiger partial charge in [0.25, 0.3) is 0 Å². The van der Waals surface area contributed by atoms with Gasteiger partial charge in [-0.3, -0.25) is 9.59 Å². The minimum absolute atomic E-state index is 0.151. The number of esters is 1. The molecule has 0 aliphatic heterocycles. The molecule has 1 fully saturated rings. The van der Waals surface area contributed by atoms with E-state index < -0.39 is 53.2 Å². The van der Waals surface area contributed by atoms with Crippen LogP contribution in [0.4, 0.5) is 4.79 Å². The normalized spacial score (nSPS) is 18.3. The molecular formula is C35H49N3O6. The molecule has 2 aromatic rings. The van der Waals surface area contributed by atoms with Crippen LogP contribution >= 0.6 is 0 Å². The maximum atomic E-state index is 14.5. The fourth-order valence-corrected chi connectivity index (χ4v) is 5.26. The molecule has 0 saturated heterocycles. The fraction of sp³-hybridized carbons (Fsp3) is 0.543. The number of rotatable bonds is 10. The van der Waals surface area contributed by atoms with Gasteiger partial charge in [0.1, 0.15) is 29.3 Å². The summed E-state index contributed by atoms with van der Waals surface area (Å²) in [5.41, 5.74) is 1.70. The van der Waals surface area contributed by atoms with Gasteiger partial charge in [0.05, 0.1) is 0 Å². The number of aryl methyl sites for hydroxylation is 2. The van der Waals surface area contributed by atoms with Crippen molar-refractivity contribution in [2.45, 2.75) is 117 Å². The number of carbonyl (C=O) groups excluding carboxylic acids is 4. The fourth-order valence-electron chi connectivity index (χ4n) is 5.26. The standard InChI is InChI=1S/C35H49N3O6/c1-21-15-14-16-22(2)28(21)29(38(27-19-23(27)3)31(40)24(4)36-33(42)44-35(8,9)10)30(39)37-26(32(41)43-34(5,6)7)20-25-17-12-11-13-18-25/h11-18,23-24,26-27,29H,19-20H2,1-10H3,(H,36,42)(H,37,39). The van der Waals surface area contributed by atoms with Crippen molar-refractivity contribution in [1.82, 2.24) is 15.5 Å². The summed E-state index contributed by atoms with van der Waals surface area (Å²) in [5, 5.41) is 5.61. The zero-order valence-electron chi connectivity index (χ0n) is 27.8. The van der Waals surface area contributed by atoms with Gasteiger partial charge in [-0.25, -0.2) is 9.59 Å². The van der Waals surface area contributed by atoms with Crippen LogP contribution in [0.3, 0.4) is 0 Å². The molecule has 3 amide bonds. The van der Waals surface area contributed by atoms with E-state index in [4.69, 9.17) is 9.47 Å². The average molecular weight is 608 g/mol. The second-order valence-electron chi connectivity index (χ2n) is 13.9. The lowest BCUT2D eigenvalue weighted by molar-refractivity contribution is -0.159. The molecule has 2 aromatic carbocycles. The number of amides is 3. The SMILES string of the molecule is Cc1cccc(C)c1C(C(=O)NC(Cc1ccccc1)C(=O)OC(C)(C)C)N(C(=O)C(C)NC(=O)OC(C)(C)C)C1CC1C. The van der Waals surface area contributed by atoms with Crippen LogP contribution in [0.1, 0.15) is 90.1 Å². The van der Waals surface area contributed by atoms with Crippen LogP contribution in [0.2, 0.25) is 0 Å². The Morgan fingerprint density at radius 3 is 1.91 bits per heavy atom. The largest absolute Gasteiger partial charge is 0.458 e. The van der Waals surface area contributed by atoms with E-state index in [0.717, 1.165) is 16.7 Å². The number of nitrogens with zero attached hydrogens (tertiary/aromatic N) is 1.